The average Bonchev–Trinajstić information content (AvgIpc) is 2.70. The number of halogens is 3. The van der Waals surface area contributed by atoms with Gasteiger partial charge in [0.15, 0.2) is 9.84 Å². The van der Waals surface area contributed by atoms with E-state index in [1.807, 2.05) is 0 Å². The highest BCUT2D eigenvalue weighted by Crippen LogP contribution is 2.35. The summed E-state index contributed by atoms with van der Waals surface area (Å²) < 4.78 is 36.5. The van der Waals surface area contributed by atoms with E-state index in [-0.39, 0.29) is 16.1 Å². The summed E-state index contributed by atoms with van der Waals surface area (Å²) in [5, 5.41) is 2.91. The fraction of sp³-hybridized carbons (Fsp3) is 0.500. The van der Waals surface area contributed by atoms with Gasteiger partial charge in [0, 0.05) is 12.3 Å². The van der Waals surface area contributed by atoms with Gasteiger partial charge in [-0.3, -0.25) is 0 Å². The van der Waals surface area contributed by atoms with Crippen molar-refractivity contribution in [3.05, 3.63) is 28.0 Å². The molecule has 1 aliphatic carbocycles. The topological polar surface area (TPSA) is 46.2 Å². The molecule has 1 aliphatic rings. The monoisotopic (exact) mass is 325 g/mol. The molecule has 3 nitrogen and oxygen atoms in total. The van der Waals surface area contributed by atoms with Gasteiger partial charge >= 0.3 is 0 Å². The molecule has 0 aliphatic heterocycles. The number of hydrogen-bond donors (Lipinski definition) is 1. The highest BCUT2D eigenvalue weighted by Gasteiger charge is 2.35. The Hall–Kier alpha value is -0.520. The molecule has 0 saturated heterocycles. The molecule has 2 unspecified atom stereocenters. The fourth-order valence-corrected chi connectivity index (χ4v) is 4.43. The molecule has 1 aromatic rings. The minimum absolute atomic E-state index is 0.157. The molecule has 0 spiro atoms. The molecule has 1 fully saturated rings. The van der Waals surface area contributed by atoms with E-state index in [2.05, 4.69) is 5.32 Å². The van der Waals surface area contributed by atoms with Crippen LogP contribution in [-0.2, 0) is 9.84 Å². The van der Waals surface area contributed by atoms with Crippen molar-refractivity contribution < 1.29 is 12.8 Å². The van der Waals surface area contributed by atoms with E-state index in [9.17, 15) is 12.8 Å². The number of anilines is 1. The average molecular weight is 326 g/mol. The van der Waals surface area contributed by atoms with Gasteiger partial charge in [0.05, 0.1) is 21.0 Å². The van der Waals surface area contributed by atoms with Gasteiger partial charge < -0.3 is 5.32 Å². The highest BCUT2D eigenvalue weighted by molar-refractivity contribution is 7.91. The van der Waals surface area contributed by atoms with Crippen molar-refractivity contribution in [1.82, 2.24) is 0 Å². The molecule has 0 amide bonds. The van der Waals surface area contributed by atoms with Gasteiger partial charge in [0.1, 0.15) is 5.82 Å². The predicted molar refractivity (Wildman–Crippen MR) is 76.3 cm³/mol. The normalized spacial score (nSPS) is 23.6. The lowest BCUT2D eigenvalue weighted by Gasteiger charge is -2.22. The first-order valence-corrected chi connectivity index (χ1v) is 8.60. The van der Waals surface area contributed by atoms with Gasteiger partial charge in [-0.2, -0.15) is 0 Å². The maximum absolute atomic E-state index is 13.1. The number of benzene rings is 1. The summed E-state index contributed by atoms with van der Waals surface area (Å²) in [7, 11) is -3.13. The molecule has 1 aromatic carbocycles. The van der Waals surface area contributed by atoms with E-state index in [1.165, 1.54) is 6.26 Å². The number of rotatable bonds is 3. The molecule has 0 aromatic heterocycles. The molecule has 0 radical (unpaired) electrons. The summed E-state index contributed by atoms with van der Waals surface area (Å²) in [6.07, 6.45) is 3.39. The molecule has 1 N–H and O–H groups in total. The van der Waals surface area contributed by atoms with E-state index >= 15 is 0 Å². The molecular weight excluding hydrogens is 312 g/mol. The molecule has 19 heavy (non-hydrogen) atoms. The highest BCUT2D eigenvalue weighted by atomic mass is 35.5. The molecule has 2 rings (SSSR count). The van der Waals surface area contributed by atoms with Crippen LogP contribution in [0.3, 0.4) is 0 Å². The predicted octanol–water partition coefficient (Wildman–Crippen LogP) is 3.51. The first-order chi connectivity index (χ1) is 8.79. The Morgan fingerprint density at radius 2 is 1.84 bits per heavy atom. The van der Waals surface area contributed by atoms with Crippen molar-refractivity contribution in [2.45, 2.75) is 30.6 Å². The minimum Gasteiger partial charge on any atom is -0.379 e. The van der Waals surface area contributed by atoms with Crippen LogP contribution in [0.25, 0.3) is 0 Å². The fourth-order valence-electron chi connectivity index (χ4n) is 2.47. The van der Waals surface area contributed by atoms with Crippen LogP contribution in [0.4, 0.5) is 10.1 Å². The van der Waals surface area contributed by atoms with Crippen LogP contribution in [0.15, 0.2) is 12.1 Å². The summed E-state index contributed by atoms with van der Waals surface area (Å²) >= 11 is 11.9. The Labute approximate surface area is 122 Å². The summed E-state index contributed by atoms with van der Waals surface area (Å²) in [4.78, 5) is 0. The quantitative estimate of drug-likeness (QED) is 0.925. The third kappa shape index (κ3) is 3.33. The van der Waals surface area contributed by atoms with Crippen LogP contribution >= 0.6 is 23.2 Å². The second-order valence-electron chi connectivity index (χ2n) is 4.79. The Bertz CT molecular complexity index is 568. The van der Waals surface area contributed by atoms with E-state index in [4.69, 9.17) is 23.2 Å². The molecular formula is C12H14Cl2FNO2S. The first-order valence-electron chi connectivity index (χ1n) is 5.89. The summed E-state index contributed by atoms with van der Waals surface area (Å²) in [6, 6.07) is 2.07. The Morgan fingerprint density at radius 1 is 1.26 bits per heavy atom. The third-order valence-electron chi connectivity index (χ3n) is 3.34. The zero-order chi connectivity index (χ0) is 14.2. The second kappa shape index (κ2) is 5.46. The SMILES string of the molecule is CS(=O)(=O)C1CCCC1Nc1c(Cl)cc(F)cc1Cl. The van der Waals surface area contributed by atoms with Crippen molar-refractivity contribution in [1.29, 1.82) is 0 Å². The number of hydrogen-bond acceptors (Lipinski definition) is 3. The van der Waals surface area contributed by atoms with Crippen LogP contribution < -0.4 is 5.32 Å². The number of sulfone groups is 1. The lowest BCUT2D eigenvalue weighted by molar-refractivity contribution is 0.579. The molecule has 0 heterocycles. The molecule has 2 atom stereocenters. The first kappa shape index (κ1) is 14.9. The third-order valence-corrected chi connectivity index (χ3v) is 5.60. The van der Waals surface area contributed by atoms with Gasteiger partial charge in [-0.1, -0.05) is 23.2 Å². The van der Waals surface area contributed by atoms with Crippen molar-refractivity contribution >= 4 is 38.7 Å². The largest absolute Gasteiger partial charge is 0.379 e. The van der Waals surface area contributed by atoms with Gasteiger partial charge in [-0.25, -0.2) is 12.8 Å². The van der Waals surface area contributed by atoms with Crippen LogP contribution in [0.5, 0.6) is 0 Å². The maximum Gasteiger partial charge on any atom is 0.152 e. The van der Waals surface area contributed by atoms with E-state index in [0.29, 0.717) is 12.1 Å². The van der Waals surface area contributed by atoms with Crippen LogP contribution in [0.2, 0.25) is 10.0 Å². The van der Waals surface area contributed by atoms with Crippen LogP contribution in [0.1, 0.15) is 19.3 Å². The molecule has 0 bridgehead atoms. The minimum atomic E-state index is -3.13. The van der Waals surface area contributed by atoms with Crippen LogP contribution in [-0.4, -0.2) is 26.0 Å². The van der Waals surface area contributed by atoms with Gasteiger partial charge in [-0.05, 0) is 31.4 Å². The Morgan fingerprint density at radius 3 is 2.37 bits per heavy atom. The second-order valence-corrected chi connectivity index (χ2v) is 7.87. The van der Waals surface area contributed by atoms with Crippen molar-refractivity contribution in [3.63, 3.8) is 0 Å². The van der Waals surface area contributed by atoms with E-state index < -0.39 is 20.9 Å². The summed E-state index contributed by atoms with van der Waals surface area (Å²) in [6.45, 7) is 0. The van der Waals surface area contributed by atoms with Crippen molar-refractivity contribution in [2.24, 2.45) is 0 Å². The lowest BCUT2D eigenvalue weighted by Crippen LogP contribution is -2.34. The van der Waals surface area contributed by atoms with E-state index in [1.54, 1.807) is 0 Å². The lowest BCUT2D eigenvalue weighted by atomic mass is 10.2. The van der Waals surface area contributed by atoms with Gasteiger partial charge in [-0.15, -0.1) is 0 Å². The summed E-state index contributed by atoms with van der Waals surface area (Å²) in [5.74, 6) is -0.522. The van der Waals surface area contributed by atoms with Crippen molar-refractivity contribution in [2.75, 3.05) is 11.6 Å². The summed E-state index contributed by atoms with van der Waals surface area (Å²) in [5.41, 5.74) is 0.394. The molecule has 7 heteroatoms. The van der Waals surface area contributed by atoms with Crippen molar-refractivity contribution in [3.8, 4) is 0 Å². The number of nitrogens with one attached hydrogen (secondary N) is 1. The zero-order valence-electron chi connectivity index (χ0n) is 10.3. The van der Waals surface area contributed by atoms with Gasteiger partial charge in [0.25, 0.3) is 0 Å². The van der Waals surface area contributed by atoms with Crippen LogP contribution in [0, 0.1) is 5.82 Å². The Balaban J connectivity index is 2.27. The molecule has 106 valence electrons. The maximum atomic E-state index is 13.1. The van der Waals surface area contributed by atoms with E-state index in [0.717, 1.165) is 25.0 Å². The molecule has 1 saturated carbocycles. The standard InChI is InChI=1S/C12H14Cl2FNO2S/c1-19(17,18)11-4-2-3-10(11)16-12-8(13)5-7(15)6-9(12)14/h5-6,10-11,16H,2-4H2,1H3. The zero-order valence-corrected chi connectivity index (χ0v) is 12.6. The Kier molecular flexibility index (Phi) is 4.28. The smallest absolute Gasteiger partial charge is 0.152 e. The van der Waals surface area contributed by atoms with Gasteiger partial charge in [0.2, 0.25) is 0 Å².